The van der Waals surface area contributed by atoms with E-state index in [1.54, 1.807) is 0 Å². The zero-order valence-corrected chi connectivity index (χ0v) is 13.1. The second kappa shape index (κ2) is 7.86. The van der Waals surface area contributed by atoms with Crippen LogP contribution in [0.15, 0.2) is 24.3 Å². The highest BCUT2D eigenvalue weighted by molar-refractivity contribution is 7.88. The van der Waals surface area contributed by atoms with Crippen molar-refractivity contribution in [2.24, 2.45) is 0 Å². The second-order valence-corrected chi connectivity index (χ2v) is 6.76. The Morgan fingerprint density at radius 1 is 1.29 bits per heavy atom. The minimum Gasteiger partial charge on any atom is -0.379 e. The van der Waals surface area contributed by atoms with E-state index < -0.39 is 10.0 Å². The number of benzene rings is 1. The van der Waals surface area contributed by atoms with E-state index in [4.69, 9.17) is 9.57 Å². The summed E-state index contributed by atoms with van der Waals surface area (Å²) in [5, 5.41) is 0. The summed E-state index contributed by atoms with van der Waals surface area (Å²) in [6, 6.07) is 7.42. The van der Waals surface area contributed by atoms with E-state index in [0.717, 1.165) is 37.4 Å². The average molecular weight is 314 g/mol. The molecule has 0 atom stereocenters. The van der Waals surface area contributed by atoms with Crippen LogP contribution in [0.1, 0.15) is 11.1 Å². The Labute approximate surface area is 126 Å². The van der Waals surface area contributed by atoms with Gasteiger partial charge in [-0.1, -0.05) is 29.2 Å². The van der Waals surface area contributed by atoms with Crippen molar-refractivity contribution in [2.45, 2.75) is 12.7 Å². The van der Waals surface area contributed by atoms with Crippen LogP contribution in [0.4, 0.5) is 0 Å². The third-order valence-electron chi connectivity index (χ3n) is 3.41. The van der Waals surface area contributed by atoms with Crippen molar-refractivity contribution in [1.82, 2.24) is 9.79 Å². The molecular weight excluding hydrogens is 292 g/mol. The fourth-order valence-electron chi connectivity index (χ4n) is 2.14. The van der Waals surface area contributed by atoms with Gasteiger partial charge in [-0.15, -0.1) is 0 Å². The van der Waals surface area contributed by atoms with Crippen LogP contribution in [0.2, 0.25) is 0 Å². The van der Waals surface area contributed by atoms with Crippen molar-refractivity contribution < 1.29 is 18.0 Å². The summed E-state index contributed by atoms with van der Waals surface area (Å²) in [5.74, 6) is -0.0722. The van der Waals surface area contributed by atoms with Crippen LogP contribution in [-0.2, 0) is 25.4 Å². The quantitative estimate of drug-likeness (QED) is 0.592. The monoisotopic (exact) mass is 314 g/mol. The lowest BCUT2D eigenvalue weighted by Gasteiger charge is -2.26. The highest BCUT2D eigenvalue weighted by Gasteiger charge is 2.14. The molecule has 1 heterocycles. The maximum atomic E-state index is 11.9. The first-order valence-electron chi connectivity index (χ1n) is 7.03. The molecule has 1 fully saturated rings. The van der Waals surface area contributed by atoms with E-state index in [2.05, 4.69) is 9.79 Å². The summed E-state index contributed by atoms with van der Waals surface area (Å²) < 4.78 is 29.1. The van der Waals surface area contributed by atoms with Crippen molar-refractivity contribution in [3.05, 3.63) is 35.4 Å². The number of nitrogens with one attached hydrogen (secondary N) is 1. The van der Waals surface area contributed by atoms with Gasteiger partial charge in [0.2, 0.25) is 10.0 Å². The molecule has 1 aromatic rings. The van der Waals surface area contributed by atoms with Crippen molar-refractivity contribution >= 4 is 10.0 Å². The van der Waals surface area contributed by atoms with Crippen molar-refractivity contribution in [2.75, 3.05) is 39.5 Å². The minimum absolute atomic E-state index is 0.0722. The van der Waals surface area contributed by atoms with E-state index in [1.165, 1.54) is 0 Å². The predicted octanol–water partition coefficient (Wildman–Crippen LogP) is 0.678. The molecule has 6 nitrogen and oxygen atoms in total. The summed E-state index contributed by atoms with van der Waals surface area (Å²) in [5.41, 5.74) is 1.73. The molecular formula is C14H22N2O4S. The molecule has 21 heavy (non-hydrogen) atoms. The number of morpholine rings is 1. The fourth-order valence-corrected chi connectivity index (χ4v) is 3.19. The summed E-state index contributed by atoms with van der Waals surface area (Å²) in [6.07, 6.45) is 0. The molecule has 1 saturated heterocycles. The van der Waals surface area contributed by atoms with E-state index in [-0.39, 0.29) is 5.75 Å². The van der Waals surface area contributed by atoms with Crippen LogP contribution in [0.3, 0.4) is 0 Å². The molecule has 2 rings (SSSR count). The van der Waals surface area contributed by atoms with E-state index in [9.17, 15) is 8.42 Å². The molecule has 1 aliphatic rings. The number of hydrogen-bond acceptors (Lipinski definition) is 5. The Morgan fingerprint density at radius 2 is 2.00 bits per heavy atom. The lowest BCUT2D eigenvalue weighted by molar-refractivity contribution is 0.0125. The first-order valence-corrected chi connectivity index (χ1v) is 8.68. The van der Waals surface area contributed by atoms with Gasteiger partial charge in [0.1, 0.15) is 0 Å². The van der Waals surface area contributed by atoms with Crippen LogP contribution in [0, 0.1) is 6.92 Å². The van der Waals surface area contributed by atoms with Gasteiger partial charge in [-0.05, 0) is 18.1 Å². The molecule has 7 heteroatoms. The van der Waals surface area contributed by atoms with Crippen LogP contribution in [-0.4, -0.2) is 52.8 Å². The number of rotatable bonds is 7. The molecule has 0 spiro atoms. The minimum atomic E-state index is -3.48. The molecule has 1 aromatic carbocycles. The molecule has 0 aromatic heterocycles. The third kappa shape index (κ3) is 5.72. The van der Waals surface area contributed by atoms with Gasteiger partial charge in [-0.2, -0.15) is 0 Å². The van der Waals surface area contributed by atoms with Gasteiger partial charge in [0, 0.05) is 19.6 Å². The van der Waals surface area contributed by atoms with Crippen molar-refractivity contribution in [3.63, 3.8) is 0 Å². The standard InChI is InChI=1S/C14H22N2O4S/c1-13-4-2-3-5-14(13)12-21(17,18)15-20-11-8-16-6-9-19-10-7-16/h2-5,15H,6-12H2,1H3. The topological polar surface area (TPSA) is 67.9 Å². The van der Waals surface area contributed by atoms with E-state index in [0.29, 0.717) is 13.2 Å². The van der Waals surface area contributed by atoms with E-state index in [1.807, 2.05) is 31.2 Å². The van der Waals surface area contributed by atoms with Gasteiger partial charge in [0.15, 0.2) is 0 Å². The SMILES string of the molecule is Cc1ccccc1CS(=O)(=O)NOCCN1CCOCC1. The Bertz CT molecular complexity index is 542. The summed E-state index contributed by atoms with van der Waals surface area (Å²) >= 11 is 0. The zero-order valence-electron chi connectivity index (χ0n) is 12.2. The highest BCUT2D eigenvalue weighted by atomic mass is 32.2. The molecule has 1 aliphatic heterocycles. The Balaban J connectivity index is 1.72. The molecule has 1 N–H and O–H groups in total. The first kappa shape index (κ1) is 16.4. The molecule has 0 aliphatic carbocycles. The van der Waals surface area contributed by atoms with Gasteiger partial charge in [-0.25, -0.2) is 8.42 Å². The Morgan fingerprint density at radius 3 is 2.71 bits per heavy atom. The molecule has 0 unspecified atom stereocenters. The molecule has 0 radical (unpaired) electrons. The smallest absolute Gasteiger partial charge is 0.237 e. The van der Waals surface area contributed by atoms with E-state index >= 15 is 0 Å². The van der Waals surface area contributed by atoms with Crippen LogP contribution >= 0.6 is 0 Å². The van der Waals surface area contributed by atoms with Crippen molar-refractivity contribution in [3.8, 4) is 0 Å². The lowest BCUT2D eigenvalue weighted by atomic mass is 10.1. The van der Waals surface area contributed by atoms with Gasteiger partial charge in [0.05, 0.1) is 25.6 Å². The normalized spacial score (nSPS) is 17.0. The number of sulfonamides is 1. The maximum absolute atomic E-state index is 11.9. The fraction of sp³-hybridized carbons (Fsp3) is 0.571. The Hall–Kier alpha value is -0.990. The lowest BCUT2D eigenvalue weighted by Crippen LogP contribution is -2.39. The highest BCUT2D eigenvalue weighted by Crippen LogP contribution is 2.10. The number of aryl methyl sites for hydroxylation is 1. The summed E-state index contributed by atoms with van der Waals surface area (Å²) in [4.78, 5) is 9.46. The predicted molar refractivity (Wildman–Crippen MR) is 80.1 cm³/mol. The van der Waals surface area contributed by atoms with Gasteiger partial charge in [-0.3, -0.25) is 9.74 Å². The molecule has 118 valence electrons. The van der Waals surface area contributed by atoms with Gasteiger partial charge >= 0.3 is 0 Å². The molecule has 0 amide bonds. The number of ether oxygens (including phenoxy) is 1. The second-order valence-electron chi connectivity index (χ2n) is 5.07. The van der Waals surface area contributed by atoms with Crippen molar-refractivity contribution in [1.29, 1.82) is 0 Å². The third-order valence-corrected chi connectivity index (χ3v) is 4.47. The molecule has 0 saturated carbocycles. The Kier molecular flexibility index (Phi) is 6.13. The van der Waals surface area contributed by atoms with Gasteiger partial charge < -0.3 is 4.74 Å². The molecule has 0 bridgehead atoms. The average Bonchev–Trinajstić information content (AvgIpc) is 2.47. The largest absolute Gasteiger partial charge is 0.379 e. The summed E-state index contributed by atoms with van der Waals surface area (Å²) in [7, 11) is -3.48. The maximum Gasteiger partial charge on any atom is 0.237 e. The van der Waals surface area contributed by atoms with Crippen LogP contribution in [0.5, 0.6) is 0 Å². The first-order chi connectivity index (χ1) is 10.1. The van der Waals surface area contributed by atoms with Gasteiger partial charge in [0.25, 0.3) is 0 Å². The van der Waals surface area contributed by atoms with Crippen LogP contribution < -0.4 is 4.89 Å². The summed E-state index contributed by atoms with van der Waals surface area (Å²) in [6.45, 7) is 6.07. The zero-order chi connectivity index (χ0) is 15.1. The van der Waals surface area contributed by atoms with Crippen LogP contribution in [0.25, 0.3) is 0 Å². The number of nitrogens with zero attached hydrogens (tertiary/aromatic N) is 1. The number of hydrogen-bond donors (Lipinski definition) is 1.